The van der Waals surface area contributed by atoms with Crippen LogP contribution in [0.1, 0.15) is 288 Å². The molecule has 9 rings (SSSR count). The van der Waals surface area contributed by atoms with Gasteiger partial charge < -0.3 is 74.6 Å². The molecule has 0 saturated heterocycles. The number of ketones is 1. The summed E-state index contributed by atoms with van der Waals surface area (Å²) in [5.41, 5.74) is 6.84. The normalized spacial score (nSPS) is 22.3. The van der Waals surface area contributed by atoms with Crippen molar-refractivity contribution in [2.75, 3.05) is 78.8 Å². The predicted molar refractivity (Wildman–Crippen MR) is 504 cm³/mol. The molecule has 3 fully saturated rings. The van der Waals surface area contributed by atoms with Gasteiger partial charge in [0.05, 0.1) is 37.6 Å². The van der Waals surface area contributed by atoms with Crippen LogP contribution in [0.3, 0.4) is 0 Å². The lowest BCUT2D eigenvalue weighted by atomic mass is 9.73. The summed E-state index contributed by atoms with van der Waals surface area (Å²) in [7, 11) is 6.87. The highest BCUT2D eigenvalue weighted by Crippen LogP contribution is 2.52. The predicted octanol–water partition coefficient (Wildman–Crippen LogP) is 17.5. The van der Waals surface area contributed by atoms with E-state index >= 15 is 0 Å². The molecule has 3 saturated carbocycles. The van der Waals surface area contributed by atoms with Gasteiger partial charge in [-0.2, -0.15) is 25.3 Å². The zero-order valence-corrected chi connectivity index (χ0v) is 80.0. The van der Waals surface area contributed by atoms with Crippen molar-refractivity contribution in [2.24, 2.45) is 53.3 Å². The van der Waals surface area contributed by atoms with Crippen LogP contribution in [0.5, 0.6) is 17.2 Å². The number of ether oxygens (including phenoxy) is 6. The maximum Gasteiger partial charge on any atom is 0.410 e. The van der Waals surface area contributed by atoms with Crippen molar-refractivity contribution in [3.8, 4) is 17.2 Å². The number of likely N-dealkylation sites (N-methyl/N-ethyl adjacent to an activating group) is 2. The van der Waals surface area contributed by atoms with Gasteiger partial charge in [-0.15, -0.1) is 9.24 Å². The molecule has 0 spiro atoms. The molecule has 0 heterocycles. The summed E-state index contributed by atoms with van der Waals surface area (Å²) in [6.45, 7) is 11.9. The fourth-order valence-electron chi connectivity index (χ4n) is 20.0. The van der Waals surface area contributed by atoms with Crippen LogP contribution in [0.4, 0.5) is 9.59 Å². The quantitative estimate of drug-likeness (QED) is 0.00825. The van der Waals surface area contributed by atoms with Gasteiger partial charge in [-0.1, -0.05) is 160 Å². The molecule has 23 nitrogen and oxygen atoms in total. The van der Waals surface area contributed by atoms with Gasteiger partial charge in [0.25, 0.3) is 0 Å². The zero-order chi connectivity index (χ0) is 91.9. The Hall–Kier alpha value is -5.92. The lowest BCUT2D eigenvalue weighted by Crippen LogP contribution is -2.47. The van der Waals surface area contributed by atoms with Crippen molar-refractivity contribution in [3.63, 3.8) is 0 Å². The number of benzene rings is 3. The minimum atomic E-state index is -1.01. The van der Waals surface area contributed by atoms with Gasteiger partial charge >= 0.3 is 30.1 Å². The van der Waals surface area contributed by atoms with Crippen LogP contribution in [0, 0.1) is 53.3 Å². The molecular weight excluding hydrogens is 1640 g/mol. The molecule has 125 heavy (non-hydrogen) atoms. The molecule has 3 amide bonds. The molecule has 0 bridgehead atoms. The number of nitrogens with zero attached hydrogens (tertiary/aromatic N) is 2. The number of nitrogens with one attached hydrogen (secondary N) is 2. The number of aliphatic hydroxyl groups excluding tert-OH is 4. The second-order valence-corrected chi connectivity index (χ2v) is 37.1. The summed E-state index contributed by atoms with van der Waals surface area (Å²) in [5.74, 6) is 3.80. The van der Waals surface area contributed by atoms with Gasteiger partial charge in [-0.25, -0.2) is 24.0 Å². The van der Waals surface area contributed by atoms with Crippen LogP contribution in [0.15, 0.2) is 54.6 Å². The molecule has 0 aromatic heterocycles. The number of carboxylic acids is 2. The number of esters is 1. The first-order valence-electron chi connectivity index (χ1n) is 48.5. The van der Waals surface area contributed by atoms with Crippen LogP contribution in [0.25, 0.3) is 0 Å². The molecule has 6 aliphatic rings. The van der Waals surface area contributed by atoms with Crippen molar-refractivity contribution in [1.82, 2.24) is 20.4 Å². The van der Waals surface area contributed by atoms with Gasteiger partial charge in [0.1, 0.15) is 35.5 Å². The van der Waals surface area contributed by atoms with Crippen molar-refractivity contribution in [3.05, 3.63) is 88.0 Å². The summed E-state index contributed by atoms with van der Waals surface area (Å²) >= 11 is 8.50. The Kier molecular flexibility index (Phi) is 51.0. The highest BCUT2D eigenvalue weighted by atomic mass is 32.1. The SMILES string of the molecule is CCCCC[C@@H](CC[C@@H]1[C@H]2Cc3cccc(OCC(=O)O)c3C[C@H]2C[C@H]1O)OC(=O)N(C)[C@H](C)C(=O)NCCCCCCCCCS.CCCCC[C@H](O)CC[C@@H]1[C@H]2Cc3cccc(OCC(=O)O)c3C[C@H]2C[C@H]1OC(=O)N(C)[C@H](C)C(=O)CCCNCCCCCCS.CCCCC[C@H](O)CC[C@@H]1[C@H]2Cc3cccc(OCC(=O)OC)c3C[C@H]2C[C@H]1O.[3H]CP. The van der Waals surface area contributed by atoms with Crippen LogP contribution in [-0.4, -0.2) is 210 Å². The number of unbranched alkanes of at least 4 members (excludes halogenated alkanes) is 15. The second kappa shape index (κ2) is 60.1. The second-order valence-electron chi connectivity index (χ2n) is 36.2. The highest BCUT2D eigenvalue weighted by Gasteiger charge is 2.50. The van der Waals surface area contributed by atoms with Crippen LogP contribution in [0.2, 0.25) is 0 Å². The monoisotopic (exact) mass is 1810 g/mol. The third kappa shape index (κ3) is 36.4. The summed E-state index contributed by atoms with van der Waals surface area (Å²) in [6.07, 6.45) is 34.7. The number of amides is 3. The molecule has 18 atom stereocenters. The number of fused-ring (bicyclic) bond motifs is 6. The van der Waals surface area contributed by atoms with Crippen molar-refractivity contribution in [1.29, 1.82) is 0 Å². The third-order valence-corrected chi connectivity index (χ3v) is 28.1. The number of carbonyl (C=O) groups excluding carboxylic acids is 5. The standard InChI is InChI=1S/2C37H60N2O7S.C24H36O5.CH5P/c1-4-5-11-16-29(46-37(44)39(3)26(2)36(43)38-20-12-9-7-6-8-10-13-21-47)18-19-30-31-22-27-15-14-17-34(45-25-35(41)42)32(27)23-28(31)24-33(30)40;1-4-5-8-14-29(40)17-18-30-31-22-27-13-11-16-34(45-25-36(42)43)32(27)23-28(31)24-35(30)46-37(44)39(3)26(2)33(41)15-12-20-38-19-9-6-7-10-21-47;1-3-4-5-8-18(25)10-11-19-20-12-16-7-6-9-23(29-15-24(27)28-2)21(16)13-17(20)14-22(19)26;1-2/h14-15,17,26,28-31,33,40,47H,4-13,16,18-25H2,1-3H3,(H,38,43)(H,41,42);11,13,16,26,28-31,35,38,40,47H,4-10,12,14-15,17-25H2,1-3H3,(H,42,43);6-7,9,17-20,22,25-26H,3-5,8,10-15H2,1-2H3;2H2,1H3/t26-,28+,29+,30-,31+,33-;26-,28+,29+,30-,31+,35-;17-,18-,19+,20-,22+;/m110./s1/i;;;1T. The number of hydrogen-bond donors (Lipinski definition) is 10. The molecule has 0 aliphatic heterocycles. The average molecular weight is 1810 g/mol. The van der Waals surface area contributed by atoms with Crippen LogP contribution >= 0.6 is 34.5 Å². The number of thiol groups is 2. The highest BCUT2D eigenvalue weighted by molar-refractivity contribution is 7.80. The summed E-state index contributed by atoms with van der Waals surface area (Å²) in [4.78, 5) is 89.0. The Morgan fingerprint density at radius 2 is 0.912 bits per heavy atom. The average Bonchev–Trinajstić information content (AvgIpc) is 1.61. The summed E-state index contributed by atoms with van der Waals surface area (Å²) in [6, 6.07) is 16.4. The van der Waals surface area contributed by atoms with Crippen molar-refractivity contribution in [2.45, 2.75) is 340 Å². The number of aliphatic carboxylic acids is 2. The lowest BCUT2D eigenvalue weighted by Gasteiger charge is -2.33. The first kappa shape index (κ1) is 106. The fourth-order valence-corrected chi connectivity index (χ4v) is 20.5. The van der Waals surface area contributed by atoms with Crippen LogP contribution < -0.4 is 24.8 Å². The number of carbonyl (C=O) groups is 7. The molecule has 26 heteroatoms. The number of hydrogen-bond acceptors (Lipinski definition) is 20. The number of rotatable bonds is 55. The summed E-state index contributed by atoms with van der Waals surface area (Å²) < 4.78 is 40.0. The lowest BCUT2D eigenvalue weighted by molar-refractivity contribution is -0.143. The maximum absolute atomic E-state index is 13.5. The maximum atomic E-state index is 13.5. The number of Topliss-reactive ketones (excluding diaryl/α,β-unsaturated/α-hetero) is 1. The first-order valence-corrected chi connectivity index (χ1v) is 49.9. The van der Waals surface area contributed by atoms with E-state index in [1.165, 1.54) is 85.8 Å². The molecule has 3 aromatic carbocycles. The Bertz CT molecular complexity index is 3660. The Balaban J connectivity index is 0.000000295. The van der Waals surface area contributed by atoms with E-state index in [9.17, 15) is 54.0 Å². The Morgan fingerprint density at radius 1 is 0.504 bits per heavy atom. The minimum Gasteiger partial charge on any atom is -0.482 e. The van der Waals surface area contributed by atoms with E-state index in [0.29, 0.717) is 80.5 Å². The molecule has 3 aromatic rings. The largest absolute Gasteiger partial charge is 0.482 e. The molecule has 0 radical (unpaired) electrons. The van der Waals surface area contributed by atoms with E-state index in [4.69, 9.17) is 35.3 Å². The van der Waals surface area contributed by atoms with Crippen molar-refractivity contribution < 1.29 is 94.0 Å². The Morgan fingerprint density at radius 3 is 1.38 bits per heavy atom. The van der Waals surface area contributed by atoms with Gasteiger partial charge in [0.15, 0.2) is 25.6 Å². The van der Waals surface area contributed by atoms with E-state index < -0.39 is 42.3 Å². The summed E-state index contributed by atoms with van der Waals surface area (Å²) in [5, 5.41) is 67.6. The Labute approximate surface area is 763 Å². The molecule has 1 unspecified atom stereocenters. The van der Waals surface area contributed by atoms with E-state index in [2.05, 4.69) is 88.8 Å². The van der Waals surface area contributed by atoms with E-state index in [1.807, 2.05) is 36.4 Å². The van der Waals surface area contributed by atoms with Gasteiger partial charge in [0.2, 0.25) is 5.91 Å². The smallest absolute Gasteiger partial charge is 0.410 e. The number of aliphatic hydroxyl groups is 4. The van der Waals surface area contributed by atoms with Gasteiger partial charge in [-0.05, 0) is 297 Å². The first-order chi connectivity index (χ1) is 60.8. The molecule has 708 valence electrons. The molecule has 8 N–H and O–H groups in total. The fraction of sp³-hybridized carbons (Fsp3) is 0.747. The van der Waals surface area contributed by atoms with Crippen molar-refractivity contribution >= 4 is 76.3 Å². The zero-order valence-electron chi connectivity index (χ0n) is 78.0. The van der Waals surface area contributed by atoms with Gasteiger partial charge in [-0.3, -0.25) is 14.5 Å². The topological polar surface area (TPSA) is 327 Å². The minimum absolute atomic E-state index is 0.0243. The number of carboxylic acid groups (broad SMARTS) is 2. The number of methoxy groups -OCH3 is 1. The molecular formula is C99H161N4O19PS2. The van der Waals surface area contributed by atoms with E-state index in [1.54, 1.807) is 27.9 Å². The van der Waals surface area contributed by atoms with E-state index in [-0.39, 0.29) is 97.6 Å². The molecule has 6 aliphatic carbocycles. The third-order valence-electron chi connectivity index (χ3n) is 27.5. The van der Waals surface area contributed by atoms with Crippen LogP contribution in [-0.2, 0) is 76.7 Å². The van der Waals surface area contributed by atoms with Gasteiger partial charge in [0, 0.05) is 28.4 Å². The van der Waals surface area contributed by atoms with E-state index in [0.717, 1.165) is 220 Å².